The Morgan fingerprint density at radius 1 is 0.611 bits per heavy atom. The molecule has 0 fully saturated rings. The van der Waals surface area contributed by atoms with Crippen LogP contribution in [0.15, 0.2) is 97.1 Å². The third kappa shape index (κ3) is 5.50. The Hall–Kier alpha value is -3.09. The van der Waals surface area contributed by atoms with E-state index in [1.54, 1.807) is 0 Å². The zero-order chi connectivity index (χ0) is 24.9. The van der Waals surface area contributed by atoms with Crippen LogP contribution in [-0.4, -0.2) is 19.5 Å². The molecule has 0 saturated heterocycles. The predicted molar refractivity (Wildman–Crippen MR) is 160 cm³/mol. The highest BCUT2D eigenvalue weighted by Crippen LogP contribution is 2.39. The van der Waals surface area contributed by atoms with Gasteiger partial charge in [0.1, 0.15) is 0 Å². The van der Waals surface area contributed by atoms with Gasteiger partial charge in [0, 0.05) is 22.5 Å². The molecule has 0 spiro atoms. The van der Waals surface area contributed by atoms with E-state index in [1.165, 1.54) is 50.9 Å². The van der Waals surface area contributed by atoms with Gasteiger partial charge in [-0.05, 0) is 78.9 Å². The van der Waals surface area contributed by atoms with Crippen LogP contribution in [0.5, 0.6) is 0 Å². The highest BCUT2D eigenvalue weighted by molar-refractivity contribution is 7.55. The normalized spacial score (nSPS) is 16.8. The van der Waals surface area contributed by atoms with Crippen LogP contribution in [0.2, 0.25) is 0 Å². The summed E-state index contributed by atoms with van der Waals surface area (Å²) in [5, 5.41) is 7.91. The summed E-state index contributed by atoms with van der Waals surface area (Å²) in [6, 6.07) is 36.4. The molecule has 3 heteroatoms. The first kappa shape index (κ1) is 24.6. The number of anilines is 2. The Bertz CT molecular complexity index is 1310. The average molecular weight is 493 g/mol. The van der Waals surface area contributed by atoms with E-state index in [1.807, 2.05) is 0 Å². The fraction of sp³-hybridized carbons (Fsp3) is 0.273. The van der Waals surface area contributed by atoms with Gasteiger partial charge in [-0.15, -0.1) is 7.92 Å². The fourth-order valence-corrected chi connectivity index (χ4v) is 6.04. The van der Waals surface area contributed by atoms with Gasteiger partial charge >= 0.3 is 0 Å². The van der Waals surface area contributed by atoms with E-state index in [4.69, 9.17) is 0 Å². The minimum Gasteiger partial charge on any atom is -0.378 e. The molecule has 184 valence electrons. The van der Waals surface area contributed by atoms with Crippen molar-refractivity contribution in [2.75, 3.05) is 30.1 Å². The van der Waals surface area contributed by atoms with Gasteiger partial charge < -0.3 is 10.6 Å². The monoisotopic (exact) mass is 492 g/mol. The van der Waals surface area contributed by atoms with Crippen LogP contribution in [0.4, 0.5) is 11.4 Å². The van der Waals surface area contributed by atoms with Crippen LogP contribution in [0.3, 0.4) is 0 Å². The SMILES string of the molecule is CCCC1Nc2ccccc2-c2cccc(c2)C(CCP(C)C)Nc2ccccc2-c2cccc1c2. The number of para-hydroxylation sites is 2. The summed E-state index contributed by atoms with van der Waals surface area (Å²) in [5.74, 6) is 0. The van der Waals surface area contributed by atoms with Gasteiger partial charge in [-0.3, -0.25) is 0 Å². The van der Waals surface area contributed by atoms with Gasteiger partial charge in [-0.1, -0.05) is 86.1 Å². The lowest BCUT2D eigenvalue weighted by Crippen LogP contribution is -2.14. The maximum atomic E-state index is 3.98. The van der Waals surface area contributed by atoms with Gasteiger partial charge in [-0.25, -0.2) is 0 Å². The van der Waals surface area contributed by atoms with Crippen molar-refractivity contribution < 1.29 is 0 Å². The molecule has 4 aromatic rings. The average Bonchev–Trinajstić information content (AvgIpc) is 2.91. The molecule has 1 aliphatic rings. The number of benzene rings is 4. The van der Waals surface area contributed by atoms with Crippen molar-refractivity contribution in [3.05, 3.63) is 108 Å². The highest BCUT2D eigenvalue weighted by atomic mass is 31.1. The number of hydrogen-bond acceptors (Lipinski definition) is 2. The maximum Gasteiger partial charge on any atom is 0.0517 e. The van der Waals surface area contributed by atoms with E-state index in [0.717, 1.165) is 19.3 Å². The minimum absolute atomic E-state index is 0.0399. The summed E-state index contributed by atoms with van der Waals surface area (Å²) >= 11 is 0. The Labute approximate surface area is 217 Å². The zero-order valence-electron chi connectivity index (χ0n) is 21.7. The summed E-state index contributed by atoms with van der Waals surface area (Å²) in [6.45, 7) is 7.02. The van der Waals surface area contributed by atoms with Crippen molar-refractivity contribution in [2.24, 2.45) is 0 Å². The first-order valence-electron chi connectivity index (χ1n) is 13.2. The van der Waals surface area contributed by atoms with Gasteiger partial charge in [0.25, 0.3) is 0 Å². The molecule has 1 aliphatic heterocycles. The molecule has 1 heterocycles. The molecule has 2 unspecified atom stereocenters. The summed E-state index contributed by atoms with van der Waals surface area (Å²) in [5.41, 5.74) is 10.2. The predicted octanol–water partition coefficient (Wildman–Crippen LogP) is 9.57. The van der Waals surface area contributed by atoms with E-state index < -0.39 is 0 Å². The van der Waals surface area contributed by atoms with Crippen LogP contribution in [0, 0.1) is 0 Å². The molecule has 36 heavy (non-hydrogen) atoms. The largest absolute Gasteiger partial charge is 0.378 e. The second-order valence-electron chi connectivity index (χ2n) is 10.1. The first-order chi connectivity index (χ1) is 17.6. The first-order valence-corrected chi connectivity index (χ1v) is 15.6. The maximum absolute atomic E-state index is 3.98. The molecule has 2 N–H and O–H groups in total. The Balaban J connectivity index is 1.70. The molecule has 4 bridgehead atoms. The Morgan fingerprint density at radius 2 is 1.11 bits per heavy atom. The van der Waals surface area contributed by atoms with Crippen LogP contribution >= 0.6 is 7.92 Å². The van der Waals surface area contributed by atoms with Crippen LogP contribution in [-0.2, 0) is 0 Å². The number of fused-ring (bicyclic) bond motifs is 8. The lowest BCUT2D eigenvalue weighted by atomic mass is 9.93. The third-order valence-electron chi connectivity index (χ3n) is 7.16. The Morgan fingerprint density at radius 3 is 1.61 bits per heavy atom. The molecule has 0 aromatic heterocycles. The fourth-order valence-electron chi connectivity index (χ4n) is 5.26. The highest BCUT2D eigenvalue weighted by Gasteiger charge is 2.19. The minimum atomic E-state index is 0.0399. The molecule has 0 aliphatic carbocycles. The van der Waals surface area contributed by atoms with Gasteiger partial charge in [0.2, 0.25) is 0 Å². The molecule has 2 atom stereocenters. The summed E-state index contributed by atoms with van der Waals surface area (Å²) in [4.78, 5) is 0. The van der Waals surface area contributed by atoms with Crippen molar-refractivity contribution in [1.82, 2.24) is 0 Å². The second kappa shape index (κ2) is 11.3. The summed E-state index contributed by atoms with van der Waals surface area (Å²) in [6.07, 6.45) is 4.56. The zero-order valence-corrected chi connectivity index (χ0v) is 22.6. The van der Waals surface area contributed by atoms with Crippen LogP contribution < -0.4 is 10.6 Å². The number of hydrogen-bond donors (Lipinski definition) is 2. The third-order valence-corrected chi connectivity index (χ3v) is 8.31. The molecule has 2 nitrogen and oxygen atoms in total. The topological polar surface area (TPSA) is 24.1 Å². The Kier molecular flexibility index (Phi) is 7.73. The summed E-state index contributed by atoms with van der Waals surface area (Å²) in [7, 11) is 0.0399. The lowest BCUT2D eigenvalue weighted by Gasteiger charge is -2.26. The van der Waals surface area contributed by atoms with Crippen molar-refractivity contribution in [1.29, 1.82) is 0 Å². The van der Waals surface area contributed by atoms with Crippen LogP contribution in [0.1, 0.15) is 49.4 Å². The standard InChI is InChI=1S/C33H37N2P/c1-4-11-30-26-14-9-12-24(22-26)29-17-6-8-19-33(29)35-31(20-21-36(2)3)27-15-10-13-25(23-27)28-16-5-7-18-32(28)34-30/h5-10,12-19,22-23,30-31,34-35H,4,11,20-21H2,1-3H3. The van der Waals surface area contributed by atoms with E-state index in [0.29, 0.717) is 0 Å². The van der Waals surface area contributed by atoms with E-state index in [9.17, 15) is 0 Å². The van der Waals surface area contributed by atoms with Gasteiger partial charge in [0.05, 0.1) is 12.1 Å². The molecular formula is C33H37N2P. The van der Waals surface area contributed by atoms with E-state index in [2.05, 4.69) is 128 Å². The van der Waals surface area contributed by atoms with Crippen molar-refractivity contribution in [2.45, 2.75) is 38.3 Å². The summed E-state index contributed by atoms with van der Waals surface area (Å²) < 4.78 is 0. The van der Waals surface area contributed by atoms with Crippen molar-refractivity contribution in [3.8, 4) is 22.3 Å². The van der Waals surface area contributed by atoms with E-state index in [-0.39, 0.29) is 20.0 Å². The number of rotatable bonds is 5. The molecule has 0 amide bonds. The van der Waals surface area contributed by atoms with Gasteiger partial charge in [0.15, 0.2) is 0 Å². The lowest BCUT2D eigenvalue weighted by molar-refractivity contribution is 0.678. The molecule has 0 saturated carbocycles. The quantitative estimate of drug-likeness (QED) is 0.271. The second-order valence-corrected chi connectivity index (χ2v) is 12.7. The van der Waals surface area contributed by atoms with Crippen molar-refractivity contribution >= 4 is 19.3 Å². The molecule has 5 rings (SSSR count). The molecular weight excluding hydrogens is 455 g/mol. The molecule has 0 radical (unpaired) electrons. The van der Waals surface area contributed by atoms with Gasteiger partial charge in [-0.2, -0.15) is 0 Å². The van der Waals surface area contributed by atoms with Crippen molar-refractivity contribution in [3.63, 3.8) is 0 Å². The van der Waals surface area contributed by atoms with Crippen LogP contribution in [0.25, 0.3) is 22.3 Å². The number of nitrogens with one attached hydrogen (secondary N) is 2. The van der Waals surface area contributed by atoms with E-state index >= 15 is 0 Å². The molecule has 4 aromatic carbocycles. The smallest absolute Gasteiger partial charge is 0.0517 e.